The summed E-state index contributed by atoms with van der Waals surface area (Å²) in [5, 5.41) is 9.82. The third-order valence-corrected chi connectivity index (χ3v) is 6.61. The number of carbonyl (C=O) groups is 3. The van der Waals surface area contributed by atoms with Gasteiger partial charge in [0, 0.05) is 12.1 Å². The number of primary amides is 1. The lowest BCUT2D eigenvalue weighted by Gasteiger charge is -2.31. The lowest BCUT2D eigenvalue weighted by atomic mass is 9.95. The predicted octanol–water partition coefficient (Wildman–Crippen LogP) is 4.26. The number of para-hydroxylation sites is 1. The highest BCUT2D eigenvalue weighted by molar-refractivity contribution is 7.09. The Morgan fingerprint density at radius 2 is 1.62 bits per heavy atom. The van der Waals surface area contributed by atoms with E-state index in [-0.39, 0.29) is 40.0 Å². The van der Waals surface area contributed by atoms with E-state index in [2.05, 4.69) is 4.37 Å². The summed E-state index contributed by atoms with van der Waals surface area (Å²) in [6.45, 7) is 0. The number of aromatic nitrogens is 1. The van der Waals surface area contributed by atoms with Crippen molar-refractivity contribution in [3.05, 3.63) is 106 Å². The standard InChI is InChI=1S/C27H23FN4O4S/c28-18-11-6-16(7-12-18)8-15-21(34)24(17-9-13-20(33)14-10-17)32(19-4-2-1-3-5-19)27(36)25-22(29)23(26(30)35)31-37-25/h1-7,9-14,24,33H,8,15,29H2,(H2,30,35). The van der Waals surface area contributed by atoms with E-state index in [4.69, 9.17) is 11.5 Å². The number of aryl methyl sites for hydroxylation is 1. The molecule has 1 unspecified atom stereocenters. The number of aromatic hydroxyl groups is 1. The summed E-state index contributed by atoms with van der Waals surface area (Å²) in [4.78, 5) is 40.6. The molecule has 4 rings (SSSR count). The molecule has 0 fully saturated rings. The van der Waals surface area contributed by atoms with Crippen molar-refractivity contribution in [2.24, 2.45) is 5.73 Å². The van der Waals surface area contributed by atoms with E-state index in [0.29, 0.717) is 17.7 Å². The van der Waals surface area contributed by atoms with E-state index in [9.17, 15) is 23.9 Å². The van der Waals surface area contributed by atoms with Crippen molar-refractivity contribution in [2.45, 2.75) is 18.9 Å². The number of Topliss-reactive ketones (excluding diaryl/α,β-unsaturated/α-hetero) is 1. The molecule has 2 amide bonds. The normalized spacial score (nSPS) is 11.6. The van der Waals surface area contributed by atoms with Crippen molar-refractivity contribution in [2.75, 3.05) is 10.6 Å². The first-order valence-corrected chi connectivity index (χ1v) is 12.0. The SMILES string of the molecule is NC(=O)c1nsc(C(=O)N(c2ccccc2)C(C(=O)CCc2ccc(F)cc2)c2ccc(O)cc2)c1N. The fourth-order valence-corrected chi connectivity index (χ4v) is 4.64. The van der Waals surface area contributed by atoms with Crippen molar-refractivity contribution in [1.29, 1.82) is 0 Å². The number of rotatable bonds is 9. The Morgan fingerprint density at radius 1 is 0.973 bits per heavy atom. The first-order chi connectivity index (χ1) is 17.8. The van der Waals surface area contributed by atoms with Crippen molar-refractivity contribution in [1.82, 2.24) is 4.37 Å². The van der Waals surface area contributed by atoms with Crippen molar-refractivity contribution < 1.29 is 23.9 Å². The zero-order chi connectivity index (χ0) is 26.5. The first-order valence-electron chi connectivity index (χ1n) is 11.3. The Labute approximate surface area is 216 Å². The van der Waals surface area contributed by atoms with E-state index >= 15 is 0 Å². The number of nitrogens with two attached hydrogens (primary N) is 2. The molecule has 0 saturated heterocycles. The molecule has 3 aromatic carbocycles. The minimum absolute atomic E-state index is 0.00310. The number of carbonyl (C=O) groups excluding carboxylic acids is 3. The minimum Gasteiger partial charge on any atom is -0.508 e. The Hall–Kier alpha value is -4.57. The van der Waals surface area contributed by atoms with Gasteiger partial charge >= 0.3 is 0 Å². The number of amides is 2. The Kier molecular flexibility index (Phi) is 7.59. The van der Waals surface area contributed by atoms with Crippen molar-refractivity contribution in [3.63, 3.8) is 0 Å². The number of phenolic OH excluding ortho intramolecular Hbond substituents is 1. The van der Waals surface area contributed by atoms with Crippen LogP contribution in [0.4, 0.5) is 15.8 Å². The smallest absolute Gasteiger partial charge is 0.273 e. The maximum absolute atomic E-state index is 13.9. The molecule has 0 aliphatic rings. The molecule has 0 radical (unpaired) electrons. The molecule has 1 heterocycles. The molecule has 0 aliphatic heterocycles. The monoisotopic (exact) mass is 518 g/mol. The highest BCUT2D eigenvalue weighted by atomic mass is 32.1. The van der Waals surface area contributed by atoms with E-state index in [1.54, 1.807) is 54.6 Å². The summed E-state index contributed by atoms with van der Waals surface area (Å²) in [6.07, 6.45) is 0.359. The number of halogens is 1. The number of phenols is 1. The number of nitrogen functional groups attached to an aromatic ring is 1. The van der Waals surface area contributed by atoms with Gasteiger partial charge in [0.15, 0.2) is 11.5 Å². The van der Waals surface area contributed by atoms with Crippen LogP contribution in [0.1, 0.15) is 43.7 Å². The molecule has 10 heteroatoms. The van der Waals surface area contributed by atoms with Gasteiger partial charge in [-0.2, -0.15) is 4.37 Å². The molecule has 188 valence electrons. The zero-order valence-electron chi connectivity index (χ0n) is 19.5. The fraction of sp³-hybridized carbons (Fsp3) is 0.111. The number of hydrogen-bond acceptors (Lipinski definition) is 7. The zero-order valence-corrected chi connectivity index (χ0v) is 20.3. The van der Waals surface area contributed by atoms with Crippen LogP contribution in [0.2, 0.25) is 0 Å². The number of anilines is 2. The van der Waals surface area contributed by atoms with Crippen LogP contribution in [0.15, 0.2) is 78.9 Å². The number of hydrogen-bond donors (Lipinski definition) is 3. The molecule has 5 N–H and O–H groups in total. The third-order valence-electron chi connectivity index (χ3n) is 5.75. The second-order valence-corrected chi connectivity index (χ2v) is 9.01. The molecular formula is C27H23FN4O4S. The molecule has 0 bridgehead atoms. The summed E-state index contributed by atoms with van der Waals surface area (Å²) < 4.78 is 17.3. The second-order valence-electron chi connectivity index (χ2n) is 8.24. The number of benzene rings is 3. The molecular weight excluding hydrogens is 495 g/mol. The van der Waals surface area contributed by atoms with E-state index in [1.807, 2.05) is 0 Å². The van der Waals surface area contributed by atoms with Crippen LogP contribution in [-0.2, 0) is 11.2 Å². The first kappa shape index (κ1) is 25.5. The number of nitrogens with zero attached hydrogens (tertiary/aromatic N) is 2. The maximum Gasteiger partial charge on any atom is 0.273 e. The molecule has 0 aliphatic carbocycles. The average Bonchev–Trinajstić information content (AvgIpc) is 3.29. The third kappa shape index (κ3) is 5.65. The highest BCUT2D eigenvalue weighted by Crippen LogP contribution is 2.34. The van der Waals surface area contributed by atoms with E-state index < -0.39 is 17.9 Å². The largest absolute Gasteiger partial charge is 0.508 e. The quantitative estimate of drug-likeness (QED) is 0.303. The molecule has 1 aromatic heterocycles. The van der Waals surface area contributed by atoms with Crippen molar-refractivity contribution in [3.8, 4) is 5.75 Å². The molecule has 1 atom stereocenters. The Balaban J connectivity index is 1.79. The topological polar surface area (TPSA) is 140 Å². The average molecular weight is 519 g/mol. The predicted molar refractivity (Wildman–Crippen MR) is 139 cm³/mol. The van der Waals surface area contributed by atoms with E-state index in [1.165, 1.54) is 29.2 Å². The minimum atomic E-state index is -1.10. The Morgan fingerprint density at radius 3 is 2.22 bits per heavy atom. The van der Waals surface area contributed by atoms with Gasteiger partial charge in [0.05, 0.1) is 5.69 Å². The van der Waals surface area contributed by atoms with Crippen LogP contribution in [-0.4, -0.2) is 27.1 Å². The maximum atomic E-state index is 13.9. The van der Waals surface area contributed by atoms with Crippen LogP contribution in [0.3, 0.4) is 0 Å². The molecule has 0 spiro atoms. The van der Waals surface area contributed by atoms with Crippen LogP contribution in [0.25, 0.3) is 0 Å². The molecule has 0 saturated carbocycles. The molecule has 4 aromatic rings. The molecule has 37 heavy (non-hydrogen) atoms. The van der Waals surface area contributed by atoms with Crippen LogP contribution in [0.5, 0.6) is 5.75 Å². The summed E-state index contributed by atoms with van der Waals surface area (Å²) in [6, 6.07) is 19.3. The van der Waals surface area contributed by atoms with Gasteiger partial charge in [0.2, 0.25) is 0 Å². The van der Waals surface area contributed by atoms with Gasteiger partial charge in [0.1, 0.15) is 22.5 Å². The van der Waals surface area contributed by atoms with Gasteiger partial charge in [-0.1, -0.05) is 42.5 Å². The van der Waals surface area contributed by atoms with Crippen LogP contribution in [0, 0.1) is 5.82 Å². The number of ketones is 1. The summed E-state index contributed by atoms with van der Waals surface area (Å²) >= 11 is 0.720. The van der Waals surface area contributed by atoms with Crippen LogP contribution < -0.4 is 16.4 Å². The van der Waals surface area contributed by atoms with Gasteiger partial charge < -0.3 is 16.6 Å². The molecule has 8 nitrogen and oxygen atoms in total. The van der Waals surface area contributed by atoms with Crippen molar-refractivity contribution >= 4 is 40.5 Å². The van der Waals surface area contributed by atoms with E-state index in [0.717, 1.165) is 17.1 Å². The summed E-state index contributed by atoms with van der Waals surface area (Å²) in [7, 11) is 0. The summed E-state index contributed by atoms with van der Waals surface area (Å²) in [5.74, 6) is -2.19. The second kappa shape index (κ2) is 11.0. The van der Waals surface area contributed by atoms with Gasteiger partial charge in [-0.15, -0.1) is 0 Å². The van der Waals surface area contributed by atoms with Gasteiger partial charge in [0.25, 0.3) is 11.8 Å². The summed E-state index contributed by atoms with van der Waals surface area (Å²) in [5.41, 5.74) is 12.6. The lowest BCUT2D eigenvalue weighted by molar-refractivity contribution is -0.120. The van der Waals surface area contributed by atoms with Gasteiger partial charge in [-0.25, -0.2) is 4.39 Å². The van der Waals surface area contributed by atoms with Gasteiger partial charge in [-0.3, -0.25) is 19.3 Å². The fourth-order valence-electron chi connectivity index (χ4n) is 3.90. The Bertz CT molecular complexity index is 1420. The van der Waals surface area contributed by atoms with Gasteiger partial charge in [-0.05, 0) is 65.5 Å². The highest BCUT2D eigenvalue weighted by Gasteiger charge is 2.35. The lowest BCUT2D eigenvalue weighted by Crippen LogP contribution is -2.39. The van der Waals surface area contributed by atoms with Crippen LogP contribution >= 0.6 is 11.5 Å².